The van der Waals surface area contributed by atoms with Crippen LogP contribution in [0, 0.1) is 5.82 Å². The predicted octanol–water partition coefficient (Wildman–Crippen LogP) is 2.38. The fraction of sp³-hybridized carbons (Fsp3) is 0.318. The van der Waals surface area contributed by atoms with Crippen LogP contribution in [-0.4, -0.2) is 66.8 Å². The molecule has 2 aromatic rings. The Labute approximate surface area is 185 Å². The van der Waals surface area contributed by atoms with Crippen LogP contribution in [0.5, 0.6) is 0 Å². The SMILES string of the molecule is O=C(CN1CCN(C(=O)CCNC(=O)c2ccc(Cl)cc2)CC1)Nc1cccc(F)c1. The van der Waals surface area contributed by atoms with Crippen molar-refractivity contribution in [3.63, 3.8) is 0 Å². The van der Waals surface area contributed by atoms with Crippen LogP contribution in [0.4, 0.5) is 10.1 Å². The van der Waals surface area contributed by atoms with E-state index in [0.717, 1.165) is 0 Å². The lowest BCUT2D eigenvalue weighted by molar-refractivity contribution is -0.132. The van der Waals surface area contributed by atoms with Crippen LogP contribution in [0.3, 0.4) is 0 Å². The van der Waals surface area contributed by atoms with Crippen LogP contribution < -0.4 is 10.6 Å². The molecule has 164 valence electrons. The summed E-state index contributed by atoms with van der Waals surface area (Å²) in [6, 6.07) is 12.3. The van der Waals surface area contributed by atoms with Gasteiger partial charge in [0, 0.05) is 55.4 Å². The first-order valence-electron chi connectivity index (χ1n) is 10.00. The Morgan fingerprint density at radius 1 is 1.00 bits per heavy atom. The minimum absolute atomic E-state index is 0.0414. The van der Waals surface area contributed by atoms with E-state index in [-0.39, 0.29) is 37.2 Å². The standard InChI is InChI=1S/C22H24ClFN4O3/c23-17-6-4-16(5-7-17)22(31)25-9-8-21(30)28-12-10-27(11-13-28)15-20(29)26-19-3-1-2-18(24)14-19/h1-7,14H,8-13,15H2,(H,25,31)(H,26,29). The molecule has 2 N–H and O–H groups in total. The lowest BCUT2D eigenvalue weighted by Crippen LogP contribution is -2.50. The van der Waals surface area contributed by atoms with E-state index in [1.807, 2.05) is 4.90 Å². The fourth-order valence-electron chi connectivity index (χ4n) is 3.27. The third kappa shape index (κ3) is 7.04. The zero-order chi connectivity index (χ0) is 22.2. The summed E-state index contributed by atoms with van der Waals surface area (Å²) in [5, 5.41) is 5.95. The molecule has 3 rings (SSSR count). The summed E-state index contributed by atoms with van der Waals surface area (Å²) >= 11 is 5.81. The zero-order valence-corrected chi connectivity index (χ0v) is 17.7. The molecule has 3 amide bonds. The van der Waals surface area contributed by atoms with Gasteiger partial charge in [0.05, 0.1) is 6.54 Å². The second-order valence-electron chi connectivity index (χ2n) is 7.23. The van der Waals surface area contributed by atoms with E-state index in [2.05, 4.69) is 10.6 Å². The van der Waals surface area contributed by atoms with Gasteiger partial charge in [-0.2, -0.15) is 0 Å². The molecule has 0 aliphatic carbocycles. The zero-order valence-electron chi connectivity index (χ0n) is 16.9. The molecular weight excluding hydrogens is 423 g/mol. The molecule has 0 unspecified atom stereocenters. The summed E-state index contributed by atoms with van der Waals surface area (Å²) in [4.78, 5) is 40.3. The number of carbonyl (C=O) groups excluding carboxylic acids is 3. The highest BCUT2D eigenvalue weighted by Gasteiger charge is 2.22. The summed E-state index contributed by atoms with van der Waals surface area (Å²) in [7, 11) is 0. The fourth-order valence-corrected chi connectivity index (χ4v) is 3.40. The average Bonchev–Trinajstić information content (AvgIpc) is 2.74. The van der Waals surface area contributed by atoms with Gasteiger partial charge in [0.25, 0.3) is 5.91 Å². The molecule has 2 aromatic carbocycles. The molecule has 1 fully saturated rings. The van der Waals surface area contributed by atoms with Gasteiger partial charge in [-0.3, -0.25) is 19.3 Å². The minimum Gasteiger partial charge on any atom is -0.352 e. The molecule has 7 nitrogen and oxygen atoms in total. The summed E-state index contributed by atoms with van der Waals surface area (Å²) < 4.78 is 13.2. The molecule has 0 aromatic heterocycles. The monoisotopic (exact) mass is 446 g/mol. The summed E-state index contributed by atoms with van der Waals surface area (Å²) in [6.07, 6.45) is 0.208. The molecule has 0 spiro atoms. The van der Waals surface area contributed by atoms with Gasteiger partial charge in [-0.15, -0.1) is 0 Å². The number of benzene rings is 2. The second kappa shape index (κ2) is 10.9. The maximum Gasteiger partial charge on any atom is 0.251 e. The lowest BCUT2D eigenvalue weighted by Gasteiger charge is -2.34. The van der Waals surface area contributed by atoms with Crippen molar-refractivity contribution < 1.29 is 18.8 Å². The number of rotatable bonds is 7. The maximum absolute atomic E-state index is 13.2. The van der Waals surface area contributed by atoms with Crippen LogP contribution in [-0.2, 0) is 9.59 Å². The van der Waals surface area contributed by atoms with Crippen molar-refractivity contribution in [2.45, 2.75) is 6.42 Å². The molecule has 1 heterocycles. The Hall–Kier alpha value is -2.97. The molecule has 1 aliphatic rings. The molecule has 0 atom stereocenters. The number of hydrogen-bond donors (Lipinski definition) is 2. The largest absolute Gasteiger partial charge is 0.352 e. The van der Waals surface area contributed by atoms with E-state index in [9.17, 15) is 18.8 Å². The van der Waals surface area contributed by atoms with Crippen molar-refractivity contribution in [1.82, 2.24) is 15.1 Å². The van der Waals surface area contributed by atoms with Gasteiger partial charge in [-0.1, -0.05) is 17.7 Å². The Morgan fingerprint density at radius 3 is 2.39 bits per heavy atom. The van der Waals surface area contributed by atoms with Crippen LogP contribution in [0.1, 0.15) is 16.8 Å². The van der Waals surface area contributed by atoms with Crippen LogP contribution in [0.25, 0.3) is 0 Å². The maximum atomic E-state index is 13.2. The van der Waals surface area contributed by atoms with Crippen molar-refractivity contribution in [3.05, 3.63) is 64.9 Å². The van der Waals surface area contributed by atoms with Gasteiger partial charge >= 0.3 is 0 Å². The van der Waals surface area contributed by atoms with Crippen molar-refractivity contribution in [2.75, 3.05) is 44.6 Å². The minimum atomic E-state index is -0.408. The predicted molar refractivity (Wildman–Crippen MR) is 116 cm³/mol. The second-order valence-corrected chi connectivity index (χ2v) is 7.66. The van der Waals surface area contributed by atoms with Gasteiger partial charge in [0.15, 0.2) is 0 Å². The van der Waals surface area contributed by atoms with E-state index < -0.39 is 5.82 Å². The number of halogens is 2. The quantitative estimate of drug-likeness (QED) is 0.684. The Kier molecular flexibility index (Phi) is 7.97. The van der Waals surface area contributed by atoms with Crippen molar-refractivity contribution in [1.29, 1.82) is 0 Å². The number of piperazine rings is 1. The number of hydrogen-bond acceptors (Lipinski definition) is 4. The molecule has 0 radical (unpaired) electrons. The molecule has 31 heavy (non-hydrogen) atoms. The Balaban J connectivity index is 1.35. The molecule has 1 aliphatic heterocycles. The first kappa shape index (κ1) is 22.7. The van der Waals surface area contributed by atoms with Gasteiger partial charge in [0.2, 0.25) is 11.8 Å². The molecular formula is C22H24ClFN4O3. The highest BCUT2D eigenvalue weighted by molar-refractivity contribution is 6.30. The molecule has 9 heteroatoms. The van der Waals surface area contributed by atoms with Gasteiger partial charge in [-0.25, -0.2) is 4.39 Å². The Bertz CT molecular complexity index is 931. The van der Waals surface area contributed by atoms with Gasteiger partial charge in [0.1, 0.15) is 5.82 Å². The van der Waals surface area contributed by atoms with Crippen molar-refractivity contribution in [2.24, 2.45) is 0 Å². The number of nitrogens with one attached hydrogen (secondary N) is 2. The Morgan fingerprint density at radius 2 is 1.71 bits per heavy atom. The van der Waals surface area contributed by atoms with E-state index in [1.54, 1.807) is 35.2 Å². The molecule has 0 bridgehead atoms. The van der Waals surface area contributed by atoms with Crippen LogP contribution in [0.15, 0.2) is 48.5 Å². The summed E-state index contributed by atoms with van der Waals surface area (Å²) in [6.45, 7) is 2.58. The van der Waals surface area contributed by atoms with Crippen LogP contribution in [0.2, 0.25) is 5.02 Å². The number of nitrogens with zero attached hydrogens (tertiary/aromatic N) is 2. The van der Waals surface area contributed by atoms with Crippen molar-refractivity contribution >= 4 is 35.0 Å². The first-order chi connectivity index (χ1) is 14.9. The van der Waals surface area contributed by atoms with E-state index >= 15 is 0 Å². The normalized spacial score (nSPS) is 14.2. The third-order valence-corrected chi connectivity index (χ3v) is 5.18. The highest BCUT2D eigenvalue weighted by atomic mass is 35.5. The first-order valence-corrected chi connectivity index (χ1v) is 10.4. The third-order valence-electron chi connectivity index (χ3n) is 4.93. The van der Waals surface area contributed by atoms with E-state index in [0.29, 0.717) is 42.5 Å². The lowest BCUT2D eigenvalue weighted by atomic mass is 10.2. The average molecular weight is 447 g/mol. The van der Waals surface area contributed by atoms with Gasteiger partial charge < -0.3 is 15.5 Å². The summed E-state index contributed by atoms with van der Waals surface area (Å²) in [5.41, 5.74) is 0.904. The summed E-state index contributed by atoms with van der Waals surface area (Å²) in [5.74, 6) is -0.927. The van der Waals surface area contributed by atoms with E-state index in [4.69, 9.17) is 11.6 Å². The number of amides is 3. The smallest absolute Gasteiger partial charge is 0.251 e. The van der Waals surface area contributed by atoms with Crippen LogP contribution >= 0.6 is 11.6 Å². The molecule has 0 saturated carbocycles. The number of carbonyl (C=O) groups is 3. The number of anilines is 1. The van der Waals surface area contributed by atoms with Crippen molar-refractivity contribution in [3.8, 4) is 0 Å². The van der Waals surface area contributed by atoms with E-state index in [1.165, 1.54) is 18.2 Å². The van der Waals surface area contributed by atoms with Gasteiger partial charge in [-0.05, 0) is 42.5 Å². The highest BCUT2D eigenvalue weighted by Crippen LogP contribution is 2.11. The topological polar surface area (TPSA) is 81.8 Å². The molecule has 1 saturated heterocycles.